The van der Waals surface area contributed by atoms with Crippen molar-refractivity contribution in [1.82, 2.24) is 15.4 Å². The lowest BCUT2D eigenvalue weighted by Gasteiger charge is -2.33. The predicted molar refractivity (Wildman–Crippen MR) is 91.0 cm³/mol. The van der Waals surface area contributed by atoms with Gasteiger partial charge >= 0.3 is 0 Å². The fourth-order valence-corrected chi connectivity index (χ4v) is 4.03. The van der Waals surface area contributed by atoms with E-state index in [1.165, 1.54) is 11.3 Å². The van der Waals surface area contributed by atoms with Crippen molar-refractivity contribution in [3.63, 3.8) is 0 Å². The number of aromatic nitrogens is 3. The highest BCUT2D eigenvalue weighted by Gasteiger charge is 2.39. The SMILES string of the molecule is NC(=O)c1noc(-c2ccccc2)c1C1CC(c2nnc(CO)s2)C1. The summed E-state index contributed by atoms with van der Waals surface area (Å²) in [6, 6.07) is 9.58. The fourth-order valence-electron chi connectivity index (χ4n) is 3.20. The van der Waals surface area contributed by atoms with Crippen LogP contribution >= 0.6 is 11.3 Å². The highest BCUT2D eigenvalue weighted by Crippen LogP contribution is 2.51. The van der Waals surface area contributed by atoms with Crippen LogP contribution in [0.25, 0.3) is 11.3 Å². The third-order valence-electron chi connectivity index (χ3n) is 4.51. The molecule has 0 radical (unpaired) electrons. The largest absolute Gasteiger partial charge is 0.389 e. The number of hydrogen-bond acceptors (Lipinski definition) is 7. The standard InChI is InChI=1S/C17H16N4O3S/c18-16(23)14-13(15(24-21-14)9-4-2-1-3-5-9)10-6-11(7-10)17-20-19-12(8-22)25-17/h1-5,10-11,22H,6-8H2,(H2,18,23). The van der Waals surface area contributed by atoms with Crippen LogP contribution in [0.5, 0.6) is 0 Å². The molecule has 1 saturated carbocycles. The summed E-state index contributed by atoms with van der Waals surface area (Å²) in [5, 5.41) is 22.6. The number of hydrogen-bond donors (Lipinski definition) is 2. The van der Waals surface area contributed by atoms with Gasteiger partial charge in [-0.2, -0.15) is 0 Å². The molecule has 1 aliphatic rings. The summed E-state index contributed by atoms with van der Waals surface area (Å²) in [5.41, 5.74) is 7.34. The third-order valence-corrected chi connectivity index (χ3v) is 5.58. The van der Waals surface area contributed by atoms with E-state index in [1.807, 2.05) is 30.3 Å². The lowest BCUT2D eigenvalue weighted by molar-refractivity contribution is 0.0989. The number of rotatable bonds is 5. The molecule has 2 aromatic heterocycles. The Bertz CT molecular complexity index is 900. The zero-order chi connectivity index (χ0) is 17.4. The normalized spacial score (nSPS) is 19.6. The van der Waals surface area contributed by atoms with Crippen LogP contribution in [-0.4, -0.2) is 26.4 Å². The van der Waals surface area contributed by atoms with Crippen LogP contribution < -0.4 is 5.73 Å². The first-order valence-corrected chi connectivity index (χ1v) is 8.77. The Morgan fingerprint density at radius 2 is 2.00 bits per heavy atom. The van der Waals surface area contributed by atoms with Crippen LogP contribution in [-0.2, 0) is 6.61 Å². The van der Waals surface area contributed by atoms with Gasteiger partial charge in [-0.25, -0.2) is 0 Å². The molecule has 7 nitrogen and oxygen atoms in total. The summed E-state index contributed by atoms with van der Waals surface area (Å²) < 4.78 is 5.45. The Morgan fingerprint density at radius 3 is 2.64 bits per heavy atom. The monoisotopic (exact) mass is 356 g/mol. The van der Waals surface area contributed by atoms with Crippen LogP contribution in [0.15, 0.2) is 34.9 Å². The Kier molecular flexibility index (Phi) is 4.06. The number of amides is 1. The van der Waals surface area contributed by atoms with Crippen molar-refractivity contribution >= 4 is 17.2 Å². The molecule has 3 aromatic rings. The quantitative estimate of drug-likeness (QED) is 0.725. The summed E-state index contributed by atoms with van der Waals surface area (Å²) in [6.07, 6.45) is 1.64. The zero-order valence-electron chi connectivity index (χ0n) is 13.3. The molecule has 25 heavy (non-hydrogen) atoms. The van der Waals surface area contributed by atoms with Gasteiger partial charge in [-0.05, 0) is 18.8 Å². The number of nitrogens with zero attached hydrogens (tertiary/aromatic N) is 3. The molecule has 0 spiro atoms. The minimum absolute atomic E-state index is 0.0938. The summed E-state index contributed by atoms with van der Waals surface area (Å²) in [6.45, 7) is -0.0938. The van der Waals surface area contributed by atoms with Crippen molar-refractivity contribution in [3.05, 3.63) is 51.6 Å². The molecule has 128 valence electrons. The Hall–Kier alpha value is -2.58. The van der Waals surface area contributed by atoms with E-state index in [0.29, 0.717) is 10.8 Å². The number of nitrogens with two attached hydrogens (primary N) is 1. The summed E-state index contributed by atoms with van der Waals surface area (Å²) in [4.78, 5) is 11.8. The van der Waals surface area contributed by atoms with Gasteiger partial charge in [0.1, 0.15) is 10.0 Å². The van der Waals surface area contributed by atoms with E-state index in [4.69, 9.17) is 15.4 Å². The maximum absolute atomic E-state index is 11.8. The number of aliphatic hydroxyl groups excluding tert-OH is 1. The molecule has 8 heteroatoms. The highest BCUT2D eigenvalue weighted by molar-refractivity contribution is 7.11. The smallest absolute Gasteiger partial charge is 0.271 e. The van der Waals surface area contributed by atoms with E-state index >= 15 is 0 Å². The van der Waals surface area contributed by atoms with Gasteiger partial charge in [0.15, 0.2) is 11.5 Å². The Morgan fingerprint density at radius 1 is 1.24 bits per heavy atom. The second kappa shape index (κ2) is 6.38. The van der Waals surface area contributed by atoms with Crippen molar-refractivity contribution in [1.29, 1.82) is 0 Å². The van der Waals surface area contributed by atoms with Gasteiger partial charge < -0.3 is 15.4 Å². The molecule has 4 rings (SSSR count). The molecule has 0 atom stereocenters. The van der Waals surface area contributed by atoms with Crippen LogP contribution in [0.1, 0.15) is 50.7 Å². The number of aliphatic hydroxyl groups is 1. The van der Waals surface area contributed by atoms with Gasteiger partial charge in [0, 0.05) is 17.0 Å². The van der Waals surface area contributed by atoms with Crippen molar-refractivity contribution in [2.24, 2.45) is 5.73 Å². The topological polar surface area (TPSA) is 115 Å². The average molecular weight is 356 g/mol. The number of carbonyl (C=O) groups is 1. The second-order valence-electron chi connectivity index (χ2n) is 6.06. The van der Waals surface area contributed by atoms with Crippen molar-refractivity contribution in [2.45, 2.75) is 31.3 Å². The zero-order valence-corrected chi connectivity index (χ0v) is 14.1. The first-order chi connectivity index (χ1) is 12.2. The van der Waals surface area contributed by atoms with Gasteiger partial charge in [-0.15, -0.1) is 10.2 Å². The Balaban J connectivity index is 1.62. The summed E-state index contributed by atoms with van der Waals surface area (Å²) in [7, 11) is 0. The minimum Gasteiger partial charge on any atom is -0.389 e. The molecule has 0 bridgehead atoms. The van der Waals surface area contributed by atoms with Crippen molar-refractivity contribution in [3.8, 4) is 11.3 Å². The van der Waals surface area contributed by atoms with Crippen LogP contribution in [0.2, 0.25) is 0 Å². The molecule has 1 aromatic carbocycles. The lowest BCUT2D eigenvalue weighted by atomic mass is 9.70. The lowest BCUT2D eigenvalue weighted by Crippen LogP contribution is -2.23. The molecule has 0 saturated heterocycles. The van der Waals surface area contributed by atoms with E-state index in [1.54, 1.807) is 0 Å². The first-order valence-electron chi connectivity index (χ1n) is 7.95. The minimum atomic E-state index is -0.581. The predicted octanol–water partition coefficient (Wildman–Crippen LogP) is 2.45. The molecule has 1 aliphatic carbocycles. The molecule has 0 unspecified atom stereocenters. The maximum Gasteiger partial charge on any atom is 0.271 e. The molecular weight excluding hydrogens is 340 g/mol. The van der Waals surface area contributed by atoms with Crippen molar-refractivity contribution in [2.75, 3.05) is 0 Å². The number of carbonyl (C=O) groups excluding carboxylic acids is 1. The van der Waals surface area contributed by atoms with Gasteiger partial charge in [-0.3, -0.25) is 4.79 Å². The van der Waals surface area contributed by atoms with Gasteiger partial charge in [0.2, 0.25) is 0 Å². The third kappa shape index (κ3) is 2.83. The fraction of sp³-hybridized carbons (Fsp3) is 0.294. The van der Waals surface area contributed by atoms with E-state index in [-0.39, 0.29) is 24.1 Å². The maximum atomic E-state index is 11.8. The van der Waals surface area contributed by atoms with Gasteiger partial charge in [0.05, 0.1) is 6.61 Å². The Labute approximate surface area is 147 Å². The molecule has 0 aliphatic heterocycles. The molecular formula is C17H16N4O3S. The highest BCUT2D eigenvalue weighted by atomic mass is 32.1. The first kappa shape index (κ1) is 15.9. The summed E-state index contributed by atoms with van der Waals surface area (Å²) >= 11 is 1.42. The van der Waals surface area contributed by atoms with E-state index < -0.39 is 5.91 Å². The number of primary amides is 1. The second-order valence-corrected chi connectivity index (χ2v) is 7.16. The van der Waals surface area contributed by atoms with Crippen molar-refractivity contribution < 1.29 is 14.4 Å². The molecule has 3 N–H and O–H groups in total. The molecule has 1 fully saturated rings. The average Bonchev–Trinajstić information content (AvgIpc) is 3.22. The van der Waals surface area contributed by atoms with Gasteiger partial charge in [-0.1, -0.05) is 46.8 Å². The number of benzene rings is 1. The molecule has 2 heterocycles. The summed E-state index contributed by atoms with van der Waals surface area (Å²) in [5.74, 6) is 0.423. The van der Waals surface area contributed by atoms with E-state index in [0.717, 1.165) is 29.0 Å². The van der Waals surface area contributed by atoms with Crippen LogP contribution in [0, 0.1) is 0 Å². The van der Waals surface area contributed by atoms with Crippen LogP contribution in [0.3, 0.4) is 0 Å². The van der Waals surface area contributed by atoms with Gasteiger partial charge in [0.25, 0.3) is 5.91 Å². The van der Waals surface area contributed by atoms with Crippen LogP contribution in [0.4, 0.5) is 0 Å². The van der Waals surface area contributed by atoms with E-state index in [2.05, 4.69) is 15.4 Å². The molecule has 1 amide bonds. The van der Waals surface area contributed by atoms with E-state index in [9.17, 15) is 4.79 Å².